The Morgan fingerprint density at radius 3 is 2.25 bits per heavy atom. The van der Waals surface area contributed by atoms with Crippen molar-refractivity contribution >= 4 is 23.4 Å². The summed E-state index contributed by atoms with van der Waals surface area (Å²) in [4.78, 5) is 30.1. The van der Waals surface area contributed by atoms with Crippen LogP contribution in [-0.2, 0) is 22.6 Å². The molecule has 0 aromatic heterocycles. The van der Waals surface area contributed by atoms with Gasteiger partial charge in [-0.25, -0.2) is 0 Å². The van der Waals surface area contributed by atoms with Gasteiger partial charge < -0.3 is 14.5 Å². The molecule has 6 heteroatoms. The zero-order valence-electron chi connectivity index (χ0n) is 17.9. The number of hydrogen-bond acceptors (Lipinski definition) is 3. The lowest BCUT2D eigenvalue weighted by molar-refractivity contribution is -0.157. The molecular weight excluding hydrogens is 424 g/mol. The summed E-state index contributed by atoms with van der Waals surface area (Å²) in [5.41, 5.74) is 2.83. The number of benzene rings is 3. The van der Waals surface area contributed by atoms with E-state index in [2.05, 4.69) is 0 Å². The number of hydrogen-bond donors (Lipinski definition) is 0. The zero-order chi connectivity index (χ0) is 22.5. The van der Waals surface area contributed by atoms with Crippen LogP contribution in [0.1, 0.15) is 22.7 Å². The quantitative estimate of drug-likeness (QED) is 0.534. The number of methoxy groups -OCH3 is 1. The minimum Gasteiger partial charge on any atom is -0.497 e. The number of ether oxygens (including phenoxy) is 1. The van der Waals surface area contributed by atoms with Gasteiger partial charge in [0.2, 0.25) is 5.91 Å². The lowest BCUT2D eigenvalue weighted by Crippen LogP contribution is -2.55. The Kier molecular flexibility index (Phi) is 6.76. The fraction of sp³-hybridized carbons (Fsp3) is 0.231. The van der Waals surface area contributed by atoms with Crippen LogP contribution in [0.2, 0.25) is 5.02 Å². The van der Waals surface area contributed by atoms with Gasteiger partial charge in [0.15, 0.2) is 0 Å². The van der Waals surface area contributed by atoms with Gasteiger partial charge in [0.05, 0.1) is 13.7 Å². The molecule has 0 aliphatic carbocycles. The first-order valence-electron chi connectivity index (χ1n) is 10.6. The minimum absolute atomic E-state index is 0.0698. The van der Waals surface area contributed by atoms with Gasteiger partial charge in [0, 0.05) is 18.1 Å². The molecule has 1 heterocycles. The van der Waals surface area contributed by atoms with Crippen LogP contribution in [0.5, 0.6) is 5.75 Å². The summed E-state index contributed by atoms with van der Waals surface area (Å²) in [5, 5.41) is 0.633. The second kappa shape index (κ2) is 9.88. The molecule has 0 spiro atoms. The molecule has 0 bridgehead atoms. The molecule has 1 atom stereocenters. The lowest BCUT2D eigenvalue weighted by atomic mass is 9.99. The molecule has 3 aromatic rings. The van der Waals surface area contributed by atoms with Gasteiger partial charge in [-0.2, -0.15) is 0 Å². The molecule has 2 amide bonds. The lowest BCUT2D eigenvalue weighted by Gasteiger charge is -2.40. The van der Waals surface area contributed by atoms with Crippen molar-refractivity contribution < 1.29 is 14.3 Å². The van der Waals surface area contributed by atoms with Crippen LogP contribution < -0.4 is 4.74 Å². The van der Waals surface area contributed by atoms with Crippen LogP contribution >= 0.6 is 11.6 Å². The first-order chi connectivity index (χ1) is 15.5. The monoisotopic (exact) mass is 448 g/mol. The van der Waals surface area contributed by atoms with E-state index in [1.807, 2.05) is 66.7 Å². The van der Waals surface area contributed by atoms with Crippen LogP contribution in [0.25, 0.3) is 0 Å². The van der Waals surface area contributed by atoms with Gasteiger partial charge in [-0.05, 0) is 47.4 Å². The number of halogens is 1. The molecule has 1 aliphatic heterocycles. The van der Waals surface area contributed by atoms with Crippen molar-refractivity contribution in [1.82, 2.24) is 9.80 Å². The molecule has 4 rings (SSSR count). The highest BCUT2D eigenvalue weighted by Crippen LogP contribution is 2.30. The van der Waals surface area contributed by atoms with Gasteiger partial charge in [-0.1, -0.05) is 66.2 Å². The van der Waals surface area contributed by atoms with E-state index in [0.717, 1.165) is 16.7 Å². The Morgan fingerprint density at radius 2 is 1.59 bits per heavy atom. The number of amides is 2. The standard InChI is InChI=1S/C26H25ClN2O3/c1-32-23-13-9-21(10-14-23)25-26(31)28(16-15-19-5-3-2-4-6-19)18-24(30)29(25)17-20-7-11-22(27)12-8-20/h2-14,25H,15-18H2,1H3/t25-/m0/s1. The number of nitrogens with zero attached hydrogens (tertiary/aromatic N) is 2. The number of rotatable bonds is 7. The van der Waals surface area contributed by atoms with E-state index in [9.17, 15) is 9.59 Å². The maximum absolute atomic E-state index is 13.6. The van der Waals surface area contributed by atoms with E-state index >= 15 is 0 Å². The summed E-state index contributed by atoms with van der Waals surface area (Å²) in [6, 6.07) is 24.0. The third-order valence-corrected chi connectivity index (χ3v) is 5.97. The smallest absolute Gasteiger partial charge is 0.250 e. The molecule has 1 fully saturated rings. The Balaban J connectivity index is 1.60. The molecule has 5 nitrogen and oxygen atoms in total. The predicted octanol–water partition coefficient (Wildman–Crippen LogP) is 4.50. The van der Waals surface area contributed by atoms with Gasteiger partial charge in [-0.3, -0.25) is 9.59 Å². The summed E-state index contributed by atoms with van der Waals surface area (Å²) in [6.07, 6.45) is 0.701. The second-order valence-corrected chi connectivity index (χ2v) is 8.26. The molecule has 0 N–H and O–H groups in total. The third kappa shape index (κ3) is 4.94. The van der Waals surface area contributed by atoms with Crippen LogP contribution in [0, 0.1) is 0 Å². The normalized spacial score (nSPS) is 16.4. The van der Waals surface area contributed by atoms with E-state index in [0.29, 0.717) is 30.3 Å². The third-order valence-electron chi connectivity index (χ3n) is 5.71. The highest BCUT2D eigenvalue weighted by Gasteiger charge is 2.40. The molecule has 1 aliphatic rings. The summed E-state index contributed by atoms with van der Waals surface area (Å²) >= 11 is 6.01. The van der Waals surface area contributed by atoms with Crippen molar-refractivity contribution in [2.75, 3.05) is 20.2 Å². The van der Waals surface area contributed by atoms with Crippen molar-refractivity contribution in [3.63, 3.8) is 0 Å². The fourth-order valence-electron chi connectivity index (χ4n) is 3.95. The molecular formula is C26H25ClN2O3. The molecule has 0 unspecified atom stereocenters. The molecule has 3 aromatic carbocycles. The molecule has 0 saturated carbocycles. The van der Waals surface area contributed by atoms with E-state index in [-0.39, 0.29) is 18.4 Å². The Labute approximate surface area is 193 Å². The van der Waals surface area contributed by atoms with E-state index in [4.69, 9.17) is 16.3 Å². The van der Waals surface area contributed by atoms with Crippen LogP contribution in [-0.4, -0.2) is 41.8 Å². The van der Waals surface area contributed by atoms with Crippen LogP contribution in [0.4, 0.5) is 0 Å². The summed E-state index contributed by atoms with van der Waals surface area (Å²) in [6.45, 7) is 0.910. The zero-order valence-corrected chi connectivity index (χ0v) is 18.7. The first-order valence-corrected chi connectivity index (χ1v) is 10.9. The average molecular weight is 449 g/mol. The average Bonchev–Trinajstić information content (AvgIpc) is 2.82. The first kappa shape index (κ1) is 21.9. The van der Waals surface area contributed by atoms with Gasteiger partial charge in [0.1, 0.15) is 11.8 Å². The maximum atomic E-state index is 13.6. The summed E-state index contributed by atoms with van der Waals surface area (Å²) in [5.74, 6) is 0.557. The molecule has 164 valence electrons. The summed E-state index contributed by atoms with van der Waals surface area (Å²) in [7, 11) is 1.60. The topological polar surface area (TPSA) is 49.9 Å². The van der Waals surface area contributed by atoms with E-state index in [1.165, 1.54) is 0 Å². The van der Waals surface area contributed by atoms with Gasteiger partial charge in [-0.15, -0.1) is 0 Å². The summed E-state index contributed by atoms with van der Waals surface area (Å²) < 4.78 is 5.26. The van der Waals surface area contributed by atoms with E-state index < -0.39 is 6.04 Å². The van der Waals surface area contributed by atoms with E-state index in [1.54, 1.807) is 29.0 Å². The molecule has 1 saturated heterocycles. The van der Waals surface area contributed by atoms with Crippen molar-refractivity contribution in [3.05, 3.63) is 101 Å². The largest absolute Gasteiger partial charge is 0.497 e. The maximum Gasteiger partial charge on any atom is 0.250 e. The van der Waals surface area contributed by atoms with Crippen molar-refractivity contribution in [1.29, 1.82) is 0 Å². The number of carbonyl (C=O) groups excluding carboxylic acids is 2. The predicted molar refractivity (Wildman–Crippen MR) is 124 cm³/mol. The molecule has 32 heavy (non-hydrogen) atoms. The van der Waals surface area contributed by atoms with Crippen LogP contribution in [0.3, 0.4) is 0 Å². The fourth-order valence-corrected chi connectivity index (χ4v) is 4.08. The molecule has 0 radical (unpaired) electrons. The second-order valence-electron chi connectivity index (χ2n) is 7.82. The Morgan fingerprint density at radius 1 is 0.906 bits per heavy atom. The number of carbonyl (C=O) groups is 2. The number of piperazine rings is 1. The van der Waals surface area contributed by atoms with Gasteiger partial charge >= 0.3 is 0 Å². The SMILES string of the molecule is COc1ccc([C@H]2C(=O)N(CCc3ccccc3)CC(=O)N2Cc2ccc(Cl)cc2)cc1. The highest BCUT2D eigenvalue weighted by molar-refractivity contribution is 6.30. The highest BCUT2D eigenvalue weighted by atomic mass is 35.5. The van der Waals surface area contributed by atoms with Crippen molar-refractivity contribution in [2.24, 2.45) is 0 Å². The van der Waals surface area contributed by atoms with Gasteiger partial charge in [0.25, 0.3) is 5.91 Å². The van der Waals surface area contributed by atoms with Crippen molar-refractivity contribution in [2.45, 2.75) is 19.0 Å². The Bertz CT molecular complexity index is 1070. The minimum atomic E-state index is -0.686. The Hall–Kier alpha value is -3.31. The van der Waals surface area contributed by atoms with Crippen LogP contribution in [0.15, 0.2) is 78.9 Å². The van der Waals surface area contributed by atoms with Crippen molar-refractivity contribution in [3.8, 4) is 5.75 Å².